The average molecular weight is 372 g/mol. The highest BCUT2D eigenvalue weighted by Crippen LogP contribution is 2.27. The van der Waals surface area contributed by atoms with Gasteiger partial charge in [-0.05, 0) is 36.8 Å². The zero-order valence-corrected chi connectivity index (χ0v) is 14.4. The topological polar surface area (TPSA) is 50.7 Å². The van der Waals surface area contributed by atoms with E-state index in [2.05, 4.69) is 10.5 Å². The van der Waals surface area contributed by atoms with Crippen LogP contribution >= 0.6 is 34.8 Å². The zero-order chi connectivity index (χ0) is 16.8. The fourth-order valence-electron chi connectivity index (χ4n) is 1.67. The van der Waals surface area contributed by atoms with E-state index >= 15 is 0 Å². The molecule has 1 N–H and O–H groups in total. The SMILES string of the molecule is C/C(=N/NC(=O)COc1cc(Cl)ccc1Cl)c1ccc(Cl)cc1. The summed E-state index contributed by atoms with van der Waals surface area (Å²) in [5, 5.41) is 5.50. The smallest absolute Gasteiger partial charge is 0.277 e. The second kappa shape index (κ2) is 8.20. The molecule has 2 aromatic carbocycles. The van der Waals surface area contributed by atoms with Gasteiger partial charge in [0.15, 0.2) is 6.61 Å². The quantitative estimate of drug-likeness (QED) is 0.618. The Morgan fingerprint density at radius 3 is 2.43 bits per heavy atom. The van der Waals surface area contributed by atoms with Gasteiger partial charge >= 0.3 is 0 Å². The number of halogens is 3. The minimum absolute atomic E-state index is 0.225. The number of hydrazone groups is 1. The maximum Gasteiger partial charge on any atom is 0.277 e. The van der Waals surface area contributed by atoms with Crippen molar-refractivity contribution in [2.75, 3.05) is 6.61 Å². The van der Waals surface area contributed by atoms with E-state index in [1.165, 1.54) is 0 Å². The average Bonchev–Trinajstić information content (AvgIpc) is 2.54. The van der Waals surface area contributed by atoms with Crippen LogP contribution in [0.15, 0.2) is 47.6 Å². The van der Waals surface area contributed by atoms with Crippen LogP contribution in [0.3, 0.4) is 0 Å². The van der Waals surface area contributed by atoms with Crippen molar-refractivity contribution in [3.05, 3.63) is 63.1 Å². The number of hydrogen-bond acceptors (Lipinski definition) is 3. The number of amides is 1. The molecule has 0 spiro atoms. The fraction of sp³-hybridized carbons (Fsp3) is 0.125. The highest BCUT2D eigenvalue weighted by atomic mass is 35.5. The van der Waals surface area contributed by atoms with Crippen LogP contribution in [-0.4, -0.2) is 18.2 Å². The number of benzene rings is 2. The summed E-state index contributed by atoms with van der Waals surface area (Å²) in [6.45, 7) is 1.55. The van der Waals surface area contributed by atoms with Gasteiger partial charge in [0.05, 0.1) is 10.7 Å². The number of nitrogens with one attached hydrogen (secondary N) is 1. The first kappa shape index (κ1) is 17.6. The summed E-state index contributed by atoms with van der Waals surface area (Å²) in [4.78, 5) is 11.8. The Hall–Kier alpha value is -1.75. The summed E-state index contributed by atoms with van der Waals surface area (Å²) in [5.41, 5.74) is 3.92. The van der Waals surface area contributed by atoms with E-state index in [-0.39, 0.29) is 6.61 Å². The highest BCUT2D eigenvalue weighted by Gasteiger charge is 2.06. The van der Waals surface area contributed by atoms with E-state index in [1.54, 1.807) is 37.3 Å². The lowest BCUT2D eigenvalue weighted by Crippen LogP contribution is -2.25. The highest BCUT2D eigenvalue weighted by molar-refractivity contribution is 6.34. The van der Waals surface area contributed by atoms with Gasteiger partial charge < -0.3 is 4.74 Å². The first-order valence-corrected chi connectivity index (χ1v) is 7.76. The van der Waals surface area contributed by atoms with Gasteiger partial charge in [-0.3, -0.25) is 4.79 Å². The maximum atomic E-state index is 11.8. The van der Waals surface area contributed by atoms with E-state index in [9.17, 15) is 4.79 Å². The Balaban J connectivity index is 1.90. The number of carbonyl (C=O) groups is 1. The van der Waals surface area contributed by atoms with Crippen molar-refractivity contribution in [2.24, 2.45) is 5.10 Å². The van der Waals surface area contributed by atoms with Gasteiger partial charge in [-0.15, -0.1) is 0 Å². The maximum absolute atomic E-state index is 11.8. The summed E-state index contributed by atoms with van der Waals surface area (Å²) >= 11 is 17.6. The minimum atomic E-state index is -0.408. The summed E-state index contributed by atoms with van der Waals surface area (Å²) in [7, 11) is 0. The van der Waals surface area contributed by atoms with E-state index in [0.717, 1.165) is 5.56 Å². The van der Waals surface area contributed by atoms with Crippen molar-refractivity contribution in [3.63, 3.8) is 0 Å². The van der Waals surface area contributed by atoms with Gasteiger partial charge in [0.2, 0.25) is 0 Å². The largest absolute Gasteiger partial charge is 0.482 e. The molecular formula is C16H13Cl3N2O2. The lowest BCUT2D eigenvalue weighted by Gasteiger charge is -2.08. The first-order chi connectivity index (χ1) is 11.0. The Bertz CT molecular complexity index is 731. The lowest BCUT2D eigenvalue weighted by atomic mass is 10.1. The number of rotatable bonds is 5. The van der Waals surface area contributed by atoms with Gasteiger partial charge in [-0.25, -0.2) is 5.43 Å². The molecule has 2 rings (SSSR count). The van der Waals surface area contributed by atoms with Crippen LogP contribution in [0.25, 0.3) is 0 Å². The standard InChI is InChI=1S/C16H13Cl3N2O2/c1-10(11-2-4-12(17)5-3-11)20-21-16(22)9-23-15-8-13(18)6-7-14(15)19/h2-8H,9H2,1H3,(H,21,22)/b20-10-. The van der Waals surface area contributed by atoms with Gasteiger partial charge in [0.25, 0.3) is 5.91 Å². The van der Waals surface area contributed by atoms with Gasteiger partial charge in [-0.2, -0.15) is 5.10 Å². The molecule has 0 radical (unpaired) electrons. The molecular weight excluding hydrogens is 359 g/mol. The minimum Gasteiger partial charge on any atom is -0.482 e. The van der Waals surface area contributed by atoms with Crippen molar-refractivity contribution in [1.29, 1.82) is 0 Å². The van der Waals surface area contributed by atoms with E-state index in [0.29, 0.717) is 26.5 Å². The fourth-order valence-corrected chi connectivity index (χ4v) is 2.13. The molecule has 0 saturated heterocycles. The van der Waals surface area contributed by atoms with Crippen LogP contribution in [0, 0.1) is 0 Å². The molecule has 0 atom stereocenters. The molecule has 0 aliphatic rings. The van der Waals surface area contributed by atoms with Crippen molar-refractivity contribution in [1.82, 2.24) is 5.43 Å². The van der Waals surface area contributed by atoms with Crippen molar-refractivity contribution < 1.29 is 9.53 Å². The molecule has 0 aliphatic carbocycles. The number of nitrogens with zero attached hydrogens (tertiary/aromatic N) is 1. The molecule has 0 aliphatic heterocycles. The van der Waals surface area contributed by atoms with E-state index in [4.69, 9.17) is 39.5 Å². The predicted octanol–water partition coefficient (Wildman–Crippen LogP) is 4.57. The monoisotopic (exact) mass is 370 g/mol. The Kier molecular flexibility index (Phi) is 6.28. The molecule has 0 unspecified atom stereocenters. The number of hydrogen-bond donors (Lipinski definition) is 1. The van der Waals surface area contributed by atoms with E-state index < -0.39 is 5.91 Å². The Labute approximate surface area is 149 Å². The molecule has 0 saturated carbocycles. The molecule has 23 heavy (non-hydrogen) atoms. The number of ether oxygens (including phenoxy) is 1. The molecule has 7 heteroatoms. The van der Waals surface area contributed by atoms with Crippen LogP contribution in [0.4, 0.5) is 0 Å². The van der Waals surface area contributed by atoms with Crippen LogP contribution in [0.1, 0.15) is 12.5 Å². The molecule has 0 fully saturated rings. The van der Waals surface area contributed by atoms with Crippen molar-refractivity contribution in [3.8, 4) is 5.75 Å². The summed E-state index contributed by atoms with van der Waals surface area (Å²) in [6, 6.07) is 11.9. The summed E-state index contributed by atoms with van der Waals surface area (Å²) < 4.78 is 5.32. The number of carbonyl (C=O) groups excluding carboxylic acids is 1. The van der Waals surface area contributed by atoms with Gasteiger partial charge in [0.1, 0.15) is 5.75 Å². The summed E-state index contributed by atoms with van der Waals surface area (Å²) in [5.74, 6) is -0.0675. The van der Waals surface area contributed by atoms with Crippen LogP contribution < -0.4 is 10.2 Å². The zero-order valence-electron chi connectivity index (χ0n) is 12.1. The third-order valence-electron chi connectivity index (χ3n) is 2.86. The van der Waals surface area contributed by atoms with Crippen LogP contribution in [-0.2, 0) is 4.79 Å². The molecule has 4 nitrogen and oxygen atoms in total. The Morgan fingerprint density at radius 2 is 1.74 bits per heavy atom. The molecule has 0 aromatic heterocycles. The first-order valence-electron chi connectivity index (χ1n) is 6.62. The third kappa shape index (κ3) is 5.43. The predicted molar refractivity (Wildman–Crippen MR) is 93.8 cm³/mol. The second-order valence-electron chi connectivity index (χ2n) is 4.60. The van der Waals surface area contributed by atoms with Gasteiger partial charge in [-0.1, -0.05) is 46.9 Å². The van der Waals surface area contributed by atoms with Crippen molar-refractivity contribution in [2.45, 2.75) is 6.92 Å². The van der Waals surface area contributed by atoms with Crippen LogP contribution in [0.5, 0.6) is 5.75 Å². The normalized spacial score (nSPS) is 11.2. The molecule has 0 bridgehead atoms. The molecule has 1 amide bonds. The Morgan fingerprint density at radius 1 is 1.09 bits per heavy atom. The lowest BCUT2D eigenvalue weighted by molar-refractivity contribution is -0.123. The third-order valence-corrected chi connectivity index (χ3v) is 3.66. The second-order valence-corrected chi connectivity index (χ2v) is 5.88. The van der Waals surface area contributed by atoms with Crippen molar-refractivity contribution >= 4 is 46.4 Å². The molecule has 0 heterocycles. The van der Waals surface area contributed by atoms with E-state index in [1.807, 2.05) is 12.1 Å². The summed E-state index contributed by atoms with van der Waals surface area (Å²) in [6.07, 6.45) is 0. The van der Waals surface area contributed by atoms with Gasteiger partial charge in [0, 0.05) is 16.1 Å². The molecule has 2 aromatic rings. The molecule has 120 valence electrons. The van der Waals surface area contributed by atoms with Crippen LogP contribution in [0.2, 0.25) is 15.1 Å².